The Labute approximate surface area is 122 Å². The summed E-state index contributed by atoms with van der Waals surface area (Å²) in [5.74, 6) is 0.919. The van der Waals surface area contributed by atoms with Gasteiger partial charge in [0, 0.05) is 26.2 Å². The summed E-state index contributed by atoms with van der Waals surface area (Å²) in [5.41, 5.74) is 0.556. The molecular formula is C15H28N4O. The van der Waals surface area contributed by atoms with Gasteiger partial charge in [0.05, 0.1) is 0 Å². The zero-order valence-electron chi connectivity index (χ0n) is 12.9. The van der Waals surface area contributed by atoms with Crippen LogP contribution in [-0.2, 0) is 4.79 Å². The van der Waals surface area contributed by atoms with Crippen molar-refractivity contribution < 1.29 is 4.79 Å². The fourth-order valence-electron chi connectivity index (χ4n) is 3.09. The number of carbonyl (C=O) groups excluding carboxylic acids is 1. The lowest BCUT2D eigenvalue weighted by Crippen LogP contribution is -2.43. The molecule has 2 rings (SSSR count). The first kappa shape index (κ1) is 15.1. The van der Waals surface area contributed by atoms with Crippen LogP contribution in [0.3, 0.4) is 0 Å². The highest BCUT2D eigenvalue weighted by molar-refractivity contribution is 5.85. The fraction of sp³-hybridized carbons (Fsp3) is 0.867. The van der Waals surface area contributed by atoms with E-state index in [1.807, 2.05) is 0 Å². The monoisotopic (exact) mass is 280 g/mol. The first-order valence-corrected chi connectivity index (χ1v) is 7.99. The fourth-order valence-corrected chi connectivity index (χ4v) is 3.09. The number of hydrogen-bond donors (Lipinski definition) is 2. The predicted octanol–water partition coefficient (Wildman–Crippen LogP) is 1.35. The maximum absolute atomic E-state index is 11.7. The Hall–Kier alpha value is -1.26. The number of likely N-dealkylation sites (tertiary alicyclic amines) is 1. The summed E-state index contributed by atoms with van der Waals surface area (Å²) in [5, 5.41) is 6.18. The molecule has 1 saturated carbocycles. The molecule has 1 heterocycles. The minimum absolute atomic E-state index is 0.0137. The average molecular weight is 280 g/mol. The van der Waals surface area contributed by atoms with Crippen molar-refractivity contribution in [3.05, 3.63) is 0 Å². The number of aliphatic imine (C=N–C) groups is 1. The number of amides is 1. The van der Waals surface area contributed by atoms with Crippen LogP contribution in [0.25, 0.3) is 0 Å². The van der Waals surface area contributed by atoms with Crippen LogP contribution < -0.4 is 10.6 Å². The van der Waals surface area contributed by atoms with Gasteiger partial charge in [0.2, 0.25) is 5.91 Å². The van der Waals surface area contributed by atoms with Crippen LogP contribution in [0.1, 0.15) is 46.0 Å². The van der Waals surface area contributed by atoms with Crippen LogP contribution in [-0.4, -0.2) is 49.5 Å². The lowest BCUT2D eigenvalue weighted by Gasteiger charge is -2.38. The third-order valence-corrected chi connectivity index (χ3v) is 4.43. The van der Waals surface area contributed by atoms with Crippen molar-refractivity contribution in [1.82, 2.24) is 15.5 Å². The van der Waals surface area contributed by atoms with Crippen molar-refractivity contribution in [1.29, 1.82) is 0 Å². The van der Waals surface area contributed by atoms with E-state index in [4.69, 9.17) is 0 Å². The molecule has 5 nitrogen and oxygen atoms in total. The van der Waals surface area contributed by atoms with Gasteiger partial charge in [0.15, 0.2) is 5.96 Å². The molecule has 2 N–H and O–H groups in total. The Kier molecular flexibility index (Phi) is 5.26. The summed E-state index contributed by atoms with van der Waals surface area (Å²) < 4.78 is 0. The zero-order chi connectivity index (χ0) is 14.4. The maximum atomic E-state index is 11.7. The number of rotatable bonds is 5. The number of guanidine groups is 1. The van der Waals surface area contributed by atoms with Crippen molar-refractivity contribution >= 4 is 11.9 Å². The quantitative estimate of drug-likeness (QED) is 0.590. The summed E-state index contributed by atoms with van der Waals surface area (Å²) in [6.45, 7) is 8.11. The summed E-state index contributed by atoms with van der Waals surface area (Å²) in [6, 6.07) is 0. The Balaban J connectivity index is 1.87. The van der Waals surface area contributed by atoms with E-state index in [0.717, 1.165) is 38.6 Å². The Bertz CT molecular complexity index is 363. The minimum atomic E-state index is 0.0137. The largest absolute Gasteiger partial charge is 0.357 e. The smallest absolute Gasteiger partial charge is 0.241 e. The van der Waals surface area contributed by atoms with Crippen LogP contribution in [0, 0.1) is 5.41 Å². The maximum Gasteiger partial charge on any atom is 0.241 e. The van der Waals surface area contributed by atoms with Gasteiger partial charge in [-0.15, -0.1) is 0 Å². The molecule has 0 atom stereocenters. The molecule has 1 aliphatic carbocycles. The second-order valence-corrected chi connectivity index (χ2v) is 6.05. The Morgan fingerprint density at radius 2 is 2.05 bits per heavy atom. The van der Waals surface area contributed by atoms with Gasteiger partial charge in [-0.05, 0) is 38.0 Å². The van der Waals surface area contributed by atoms with Gasteiger partial charge in [-0.1, -0.05) is 13.3 Å². The molecule has 0 radical (unpaired) electrons. The first-order chi connectivity index (χ1) is 9.69. The molecule has 1 saturated heterocycles. The molecule has 1 spiro atoms. The molecule has 2 aliphatic rings. The molecule has 0 aromatic heterocycles. The molecule has 20 heavy (non-hydrogen) atoms. The summed E-state index contributed by atoms with van der Waals surface area (Å²) >= 11 is 0. The summed E-state index contributed by atoms with van der Waals surface area (Å²) in [4.78, 5) is 18.5. The average Bonchev–Trinajstić information content (AvgIpc) is 2.86. The van der Waals surface area contributed by atoms with Crippen molar-refractivity contribution in [2.24, 2.45) is 10.4 Å². The van der Waals surface area contributed by atoms with Gasteiger partial charge in [0.25, 0.3) is 0 Å². The van der Waals surface area contributed by atoms with E-state index in [2.05, 4.69) is 34.4 Å². The first-order valence-electron chi connectivity index (χ1n) is 7.99. The van der Waals surface area contributed by atoms with E-state index >= 15 is 0 Å². The number of hydrogen-bond acceptors (Lipinski definition) is 2. The lowest BCUT2D eigenvalue weighted by atomic mass is 9.68. The van der Waals surface area contributed by atoms with Crippen LogP contribution in [0.5, 0.6) is 0 Å². The third-order valence-electron chi connectivity index (χ3n) is 4.43. The topological polar surface area (TPSA) is 56.7 Å². The second-order valence-electron chi connectivity index (χ2n) is 6.05. The Morgan fingerprint density at radius 1 is 1.25 bits per heavy atom. The summed E-state index contributed by atoms with van der Waals surface area (Å²) in [6.07, 6.45) is 6.34. The highest BCUT2D eigenvalue weighted by Gasteiger charge is 2.43. The zero-order valence-corrected chi connectivity index (χ0v) is 12.9. The summed E-state index contributed by atoms with van der Waals surface area (Å²) in [7, 11) is 0. The van der Waals surface area contributed by atoms with Crippen molar-refractivity contribution in [2.75, 3.05) is 32.7 Å². The molecule has 0 bridgehead atoms. The van der Waals surface area contributed by atoms with E-state index in [0.29, 0.717) is 5.41 Å². The second kappa shape index (κ2) is 6.95. The van der Waals surface area contributed by atoms with Crippen molar-refractivity contribution in [3.8, 4) is 0 Å². The third kappa shape index (κ3) is 3.64. The van der Waals surface area contributed by atoms with Gasteiger partial charge in [-0.3, -0.25) is 4.79 Å². The highest BCUT2D eigenvalue weighted by Crippen LogP contribution is 2.47. The van der Waals surface area contributed by atoms with Crippen LogP contribution in [0.4, 0.5) is 0 Å². The van der Waals surface area contributed by atoms with Gasteiger partial charge < -0.3 is 15.5 Å². The van der Waals surface area contributed by atoms with E-state index in [-0.39, 0.29) is 12.5 Å². The standard InChI is InChI=1S/C15H28N4O/c1-3-9-17-13(20)11-18-14(16-4-2)19-10-8-15(12-19)6-5-7-15/h3-12H2,1-2H3,(H,16,18)(H,17,20). The molecule has 0 aromatic carbocycles. The molecule has 1 aliphatic heterocycles. The predicted molar refractivity (Wildman–Crippen MR) is 81.8 cm³/mol. The van der Waals surface area contributed by atoms with E-state index in [1.165, 1.54) is 25.7 Å². The number of nitrogens with zero attached hydrogens (tertiary/aromatic N) is 2. The van der Waals surface area contributed by atoms with Gasteiger partial charge in [-0.2, -0.15) is 0 Å². The molecule has 5 heteroatoms. The number of carbonyl (C=O) groups is 1. The molecule has 0 unspecified atom stereocenters. The van der Waals surface area contributed by atoms with Crippen LogP contribution >= 0.6 is 0 Å². The highest BCUT2D eigenvalue weighted by atomic mass is 16.1. The van der Waals surface area contributed by atoms with Gasteiger partial charge in [-0.25, -0.2) is 4.99 Å². The van der Waals surface area contributed by atoms with Crippen LogP contribution in [0.2, 0.25) is 0 Å². The molecule has 1 amide bonds. The molecular weight excluding hydrogens is 252 g/mol. The van der Waals surface area contributed by atoms with E-state index < -0.39 is 0 Å². The minimum Gasteiger partial charge on any atom is -0.357 e. The van der Waals surface area contributed by atoms with Crippen molar-refractivity contribution in [2.45, 2.75) is 46.0 Å². The van der Waals surface area contributed by atoms with Crippen molar-refractivity contribution in [3.63, 3.8) is 0 Å². The van der Waals surface area contributed by atoms with E-state index in [1.54, 1.807) is 0 Å². The van der Waals surface area contributed by atoms with E-state index in [9.17, 15) is 4.79 Å². The van der Waals surface area contributed by atoms with Gasteiger partial charge in [0.1, 0.15) is 6.54 Å². The Morgan fingerprint density at radius 3 is 2.60 bits per heavy atom. The normalized spacial score (nSPS) is 20.9. The van der Waals surface area contributed by atoms with Crippen LogP contribution in [0.15, 0.2) is 4.99 Å². The molecule has 114 valence electrons. The van der Waals surface area contributed by atoms with Gasteiger partial charge >= 0.3 is 0 Å². The molecule has 0 aromatic rings. The lowest BCUT2D eigenvalue weighted by molar-refractivity contribution is -0.119. The molecule has 2 fully saturated rings. The number of nitrogens with one attached hydrogen (secondary N) is 2. The SMILES string of the molecule is CCCNC(=O)CN=C(NCC)N1CCC2(CCC2)C1.